The van der Waals surface area contributed by atoms with Gasteiger partial charge in [-0.25, -0.2) is 9.97 Å². The Kier molecular flexibility index (Phi) is 2.67. The molecule has 0 aliphatic carbocycles. The van der Waals surface area contributed by atoms with Crippen molar-refractivity contribution >= 4 is 11.7 Å². The smallest absolute Gasteiger partial charge is 0.254 e. The third kappa shape index (κ3) is 1.83. The highest BCUT2D eigenvalue weighted by Gasteiger charge is 2.33. The Morgan fingerprint density at radius 2 is 2.05 bits per heavy atom. The number of nitrogens with zero attached hydrogens (tertiary/aromatic N) is 3. The Bertz CT molecular complexity index is 627. The van der Waals surface area contributed by atoms with Gasteiger partial charge >= 0.3 is 0 Å². The van der Waals surface area contributed by atoms with Crippen LogP contribution in [0.25, 0.3) is 0 Å². The van der Waals surface area contributed by atoms with E-state index in [9.17, 15) is 4.79 Å². The fourth-order valence-corrected chi connectivity index (χ4v) is 2.41. The molecule has 0 radical (unpaired) electrons. The van der Waals surface area contributed by atoms with Gasteiger partial charge in [0.05, 0.1) is 18.3 Å². The van der Waals surface area contributed by atoms with Crippen molar-refractivity contribution in [2.24, 2.45) is 0 Å². The minimum absolute atomic E-state index is 0.00880. The van der Waals surface area contributed by atoms with E-state index in [0.717, 1.165) is 11.3 Å². The number of anilines is 1. The summed E-state index contributed by atoms with van der Waals surface area (Å²) >= 11 is 0. The molecule has 2 N–H and O–H groups in total. The van der Waals surface area contributed by atoms with Crippen LogP contribution in [0.2, 0.25) is 0 Å². The maximum absolute atomic E-state index is 12.5. The number of benzene rings is 1. The van der Waals surface area contributed by atoms with E-state index < -0.39 is 0 Å². The summed E-state index contributed by atoms with van der Waals surface area (Å²) in [7, 11) is 0. The Morgan fingerprint density at radius 3 is 2.74 bits per heavy atom. The molecule has 0 fully saturated rings. The Balaban J connectivity index is 1.94. The molecule has 96 valence electrons. The molecule has 3 rings (SSSR count). The Hall–Kier alpha value is -2.43. The lowest BCUT2D eigenvalue weighted by Gasteiger charge is -2.21. The van der Waals surface area contributed by atoms with Gasteiger partial charge in [0.25, 0.3) is 5.91 Å². The molecule has 1 aliphatic rings. The van der Waals surface area contributed by atoms with Crippen LogP contribution < -0.4 is 5.73 Å². The highest BCUT2D eigenvalue weighted by molar-refractivity contribution is 5.94. The number of hydrogen-bond acceptors (Lipinski definition) is 4. The number of amides is 1. The fourth-order valence-electron chi connectivity index (χ4n) is 2.41. The number of hydrogen-bond donors (Lipinski definition) is 1. The van der Waals surface area contributed by atoms with Gasteiger partial charge in [0.15, 0.2) is 0 Å². The first-order chi connectivity index (χ1) is 9.18. The molecule has 1 aliphatic heterocycles. The van der Waals surface area contributed by atoms with Crippen LogP contribution in [0.4, 0.5) is 5.82 Å². The molecular weight excluding hydrogens is 240 g/mol. The number of nitrogens with two attached hydrogens (primary N) is 1. The normalized spacial score (nSPS) is 17.3. The van der Waals surface area contributed by atoms with Crippen LogP contribution in [0.5, 0.6) is 0 Å². The van der Waals surface area contributed by atoms with Crippen molar-refractivity contribution in [3.63, 3.8) is 0 Å². The molecule has 5 heteroatoms. The van der Waals surface area contributed by atoms with E-state index in [1.165, 1.54) is 6.33 Å². The van der Waals surface area contributed by atoms with Gasteiger partial charge in [-0.05, 0) is 19.1 Å². The molecule has 19 heavy (non-hydrogen) atoms. The molecule has 0 unspecified atom stereocenters. The minimum Gasteiger partial charge on any atom is -0.383 e. The van der Waals surface area contributed by atoms with Crippen molar-refractivity contribution in [1.82, 2.24) is 14.9 Å². The summed E-state index contributed by atoms with van der Waals surface area (Å²) in [5.74, 6) is 0.450. The quantitative estimate of drug-likeness (QED) is 0.842. The topological polar surface area (TPSA) is 72.1 Å². The molecule has 1 aromatic carbocycles. The van der Waals surface area contributed by atoms with Crippen LogP contribution in [0.3, 0.4) is 0 Å². The fraction of sp³-hybridized carbons (Fsp3) is 0.214. The molecule has 0 spiro atoms. The van der Waals surface area contributed by atoms with E-state index in [1.807, 2.05) is 37.3 Å². The molecule has 5 nitrogen and oxygen atoms in total. The van der Waals surface area contributed by atoms with Gasteiger partial charge in [0.2, 0.25) is 0 Å². The molecule has 2 aromatic rings. The highest BCUT2D eigenvalue weighted by Crippen LogP contribution is 2.34. The molecule has 1 atom stereocenters. The van der Waals surface area contributed by atoms with Crippen molar-refractivity contribution < 1.29 is 4.79 Å². The lowest BCUT2D eigenvalue weighted by Crippen LogP contribution is -2.28. The SMILES string of the molecule is C[C@@H]1c2ncnc(N)c2CN1C(=O)c1ccccc1. The standard InChI is InChI=1S/C14H14N4O/c1-9-12-11(13(15)17-8-16-12)7-18(9)14(19)10-5-3-2-4-6-10/h2-6,8-9H,7H2,1H3,(H2,15,16,17)/t9-/m1/s1. The summed E-state index contributed by atoms with van der Waals surface area (Å²) in [6.07, 6.45) is 1.45. The lowest BCUT2D eigenvalue weighted by atomic mass is 10.1. The second-order valence-electron chi connectivity index (χ2n) is 4.60. The van der Waals surface area contributed by atoms with Crippen molar-refractivity contribution in [2.45, 2.75) is 19.5 Å². The van der Waals surface area contributed by atoms with E-state index in [2.05, 4.69) is 9.97 Å². The van der Waals surface area contributed by atoms with Gasteiger partial charge in [0, 0.05) is 11.1 Å². The summed E-state index contributed by atoms with van der Waals surface area (Å²) in [5, 5.41) is 0. The first-order valence-electron chi connectivity index (χ1n) is 6.13. The van der Waals surface area contributed by atoms with Crippen LogP contribution in [-0.2, 0) is 6.54 Å². The highest BCUT2D eigenvalue weighted by atomic mass is 16.2. The van der Waals surface area contributed by atoms with Crippen molar-refractivity contribution in [3.05, 3.63) is 53.5 Å². The zero-order chi connectivity index (χ0) is 13.4. The van der Waals surface area contributed by atoms with Gasteiger partial charge < -0.3 is 10.6 Å². The number of carbonyl (C=O) groups excluding carboxylic acids is 1. The summed E-state index contributed by atoms with van der Waals surface area (Å²) in [5.41, 5.74) is 8.23. The Morgan fingerprint density at radius 1 is 1.32 bits per heavy atom. The largest absolute Gasteiger partial charge is 0.383 e. The zero-order valence-corrected chi connectivity index (χ0v) is 10.6. The number of rotatable bonds is 1. The van der Waals surface area contributed by atoms with Crippen LogP contribution in [0, 0.1) is 0 Å². The average molecular weight is 254 g/mol. The van der Waals surface area contributed by atoms with Crippen molar-refractivity contribution in [3.8, 4) is 0 Å². The second kappa shape index (κ2) is 4.35. The summed E-state index contributed by atoms with van der Waals surface area (Å²) in [6, 6.07) is 9.15. The summed E-state index contributed by atoms with van der Waals surface area (Å²) in [6.45, 7) is 2.43. The van der Waals surface area contributed by atoms with Crippen LogP contribution in [-0.4, -0.2) is 20.8 Å². The third-order valence-corrected chi connectivity index (χ3v) is 3.49. The van der Waals surface area contributed by atoms with Gasteiger partial charge in [-0.3, -0.25) is 4.79 Å². The van der Waals surface area contributed by atoms with Crippen molar-refractivity contribution in [2.75, 3.05) is 5.73 Å². The second-order valence-corrected chi connectivity index (χ2v) is 4.60. The van der Waals surface area contributed by atoms with Crippen LogP contribution in [0.15, 0.2) is 36.7 Å². The van der Waals surface area contributed by atoms with E-state index in [1.54, 1.807) is 4.90 Å². The van der Waals surface area contributed by atoms with Crippen LogP contribution >= 0.6 is 0 Å². The van der Waals surface area contributed by atoms with Gasteiger partial charge in [-0.1, -0.05) is 18.2 Å². The molecule has 1 aromatic heterocycles. The van der Waals surface area contributed by atoms with Gasteiger partial charge in [-0.15, -0.1) is 0 Å². The van der Waals surface area contributed by atoms with E-state index >= 15 is 0 Å². The van der Waals surface area contributed by atoms with E-state index in [-0.39, 0.29) is 11.9 Å². The van der Waals surface area contributed by atoms with Gasteiger partial charge in [0.1, 0.15) is 12.1 Å². The monoisotopic (exact) mass is 254 g/mol. The van der Waals surface area contributed by atoms with Gasteiger partial charge in [-0.2, -0.15) is 0 Å². The maximum atomic E-state index is 12.5. The predicted molar refractivity (Wildman–Crippen MR) is 71.2 cm³/mol. The number of aromatic nitrogens is 2. The predicted octanol–water partition coefficient (Wildman–Crippen LogP) is 1.78. The molecule has 1 amide bonds. The lowest BCUT2D eigenvalue weighted by molar-refractivity contribution is 0.0703. The van der Waals surface area contributed by atoms with Crippen LogP contribution in [0.1, 0.15) is 34.6 Å². The number of carbonyl (C=O) groups is 1. The maximum Gasteiger partial charge on any atom is 0.254 e. The zero-order valence-electron chi connectivity index (χ0n) is 10.6. The Labute approximate surface area is 111 Å². The molecule has 0 saturated carbocycles. The average Bonchev–Trinajstić information content (AvgIpc) is 2.78. The molecule has 0 saturated heterocycles. The summed E-state index contributed by atoms with van der Waals surface area (Å²) in [4.78, 5) is 22.5. The molecule has 2 heterocycles. The van der Waals surface area contributed by atoms with Crippen molar-refractivity contribution in [1.29, 1.82) is 0 Å². The summed E-state index contributed by atoms with van der Waals surface area (Å²) < 4.78 is 0. The molecular formula is C14H14N4O. The first kappa shape index (κ1) is 11.6. The number of nitrogen functional groups attached to an aromatic ring is 1. The van der Waals surface area contributed by atoms with E-state index in [0.29, 0.717) is 17.9 Å². The minimum atomic E-state index is -0.0759. The first-order valence-corrected chi connectivity index (χ1v) is 6.13. The number of fused-ring (bicyclic) bond motifs is 1. The van der Waals surface area contributed by atoms with E-state index in [4.69, 9.17) is 5.73 Å². The molecule has 0 bridgehead atoms. The third-order valence-electron chi connectivity index (χ3n) is 3.49.